The minimum atomic E-state index is 0.105. The van der Waals surface area contributed by atoms with Crippen molar-refractivity contribution in [2.75, 3.05) is 37.8 Å². The predicted octanol–water partition coefficient (Wildman–Crippen LogP) is 3.04. The lowest BCUT2D eigenvalue weighted by molar-refractivity contribution is 0.147. The molecule has 1 unspecified atom stereocenters. The van der Waals surface area contributed by atoms with E-state index >= 15 is 0 Å². The number of hydrogen-bond donors (Lipinski definition) is 2. The van der Waals surface area contributed by atoms with Crippen molar-refractivity contribution < 1.29 is 0 Å². The molecule has 0 spiro atoms. The first-order valence-electron chi connectivity index (χ1n) is 9.81. The third kappa shape index (κ3) is 1.47. The number of likely N-dealkylation sites (tertiary alicyclic amines) is 2. The van der Waals surface area contributed by atoms with Crippen LogP contribution in [-0.2, 0) is 10.8 Å². The van der Waals surface area contributed by atoms with Crippen molar-refractivity contribution in [2.24, 2.45) is 0 Å². The van der Waals surface area contributed by atoms with Gasteiger partial charge in [0.05, 0.1) is 12.3 Å². The molecule has 26 heavy (non-hydrogen) atoms. The van der Waals surface area contributed by atoms with Crippen molar-refractivity contribution in [2.45, 2.75) is 36.0 Å². The van der Waals surface area contributed by atoms with Gasteiger partial charge in [-0.15, -0.1) is 0 Å². The van der Waals surface area contributed by atoms with E-state index in [-0.39, 0.29) is 10.8 Å². The number of para-hydroxylation sites is 2. The third-order valence-corrected chi connectivity index (χ3v) is 7.73. The number of nitrogens with zero attached hydrogens (tertiary/aromatic N) is 2. The number of hydrogen-bond acceptors (Lipinski definition) is 4. The van der Waals surface area contributed by atoms with Gasteiger partial charge in [0.25, 0.3) is 0 Å². The fraction of sp³-hybridized carbons (Fsp3) is 0.455. The van der Waals surface area contributed by atoms with E-state index in [1.54, 1.807) is 0 Å². The van der Waals surface area contributed by atoms with Crippen LogP contribution < -0.4 is 10.6 Å². The van der Waals surface area contributed by atoms with E-state index in [2.05, 4.69) is 83.1 Å². The lowest BCUT2D eigenvalue weighted by atomic mass is 9.55. The van der Waals surface area contributed by atoms with Crippen molar-refractivity contribution >= 4 is 11.4 Å². The van der Waals surface area contributed by atoms with Crippen molar-refractivity contribution in [1.29, 1.82) is 0 Å². The highest BCUT2D eigenvalue weighted by molar-refractivity contribution is 5.72. The smallest absolute Gasteiger partial charge is 0.0901 e. The first-order chi connectivity index (χ1) is 12.7. The molecule has 4 aliphatic rings. The quantitative estimate of drug-likeness (QED) is 0.831. The van der Waals surface area contributed by atoms with Crippen molar-refractivity contribution in [3.05, 3.63) is 59.7 Å². The molecular formula is C22H26N4. The maximum atomic E-state index is 3.90. The minimum absolute atomic E-state index is 0.105. The summed E-state index contributed by atoms with van der Waals surface area (Å²) in [4.78, 5) is 5.07. The fourth-order valence-corrected chi connectivity index (χ4v) is 6.73. The lowest BCUT2D eigenvalue weighted by Crippen LogP contribution is -2.60. The summed E-state index contributed by atoms with van der Waals surface area (Å²) in [7, 11) is 4.56. The SMILES string of the molecule is CN1CC[C@]2(C34CCN(C)[C@@H]3Nc3ccccc34)c3ccccc3N[C@H]12. The molecule has 0 amide bonds. The van der Waals surface area contributed by atoms with Crippen LogP contribution in [-0.4, -0.2) is 49.3 Å². The summed E-state index contributed by atoms with van der Waals surface area (Å²) >= 11 is 0. The Morgan fingerprint density at radius 3 is 1.62 bits per heavy atom. The zero-order valence-corrected chi connectivity index (χ0v) is 15.5. The van der Waals surface area contributed by atoms with E-state index in [4.69, 9.17) is 0 Å². The standard InChI is InChI=1S/C22H26N4/c1-25-13-11-21(15-7-3-5-9-17(15)23-19(21)25)22-12-14-26(2)20(22)24-18-10-6-4-8-16(18)22/h3-10,19-20,23-24H,11-14H2,1-2H3/t19-,20+,21+,22?/m1/s1. The Morgan fingerprint density at radius 1 is 0.731 bits per heavy atom. The largest absolute Gasteiger partial charge is 0.369 e. The Bertz CT molecular complexity index is 822. The van der Waals surface area contributed by atoms with Gasteiger partial charge in [0, 0.05) is 35.3 Å². The predicted molar refractivity (Wildman–Crippen MR) is 106 cm³/mol. The molecule has 4 nitrogen and oxygen atoms in total. The van der Waals surface area contributed by atoms with Gasteiger partial charge in [-0.25, -0.2) is 0 Å². The van der Waals surface area contributed by atoms with Gasteiger partial charge in [-0.3, -0.25) is 9.80 Å². The normalized spacial score (nSPS) is 37.6. The molecule has 4 aliphatic heterocycles. The van der Waals surface area contributed by atoms with E-state index in [0.717, 1.165) is 13.1 Å². The molecule has 6 rings (SSSR count). The Labute approximate surface area is 155 Å². The van der Waals surface area contributed by atoms with Crippen LogP contribution >= 0.6 is 0 Å². The molecule has 0 radical (unpaired) electrons. The van der Waals surface area contributed by atoms with Crippen LogP contribution in [0.15, 0.2) is 48.5 Å². The highest BCUT2D eigenvalue weighted by atomic mass is 15.4. The molecule has 134 valence electrons. The van der Waals surface area contributed by atoms with E-state index in [1.165, 1.54) is 35.3 Å². The van der Waals surface area contributed by atoms with Gasteiger partial charge in [0.15, 0.2) is 0 Å². The molecule has 0 aliphatic carbocycles. The lowest BCUT2D eigenvalue weighted by Gasteiger charge is -2.48. The Kier molecular flexibility index (Phi) is 2.79. The molecule has 2 N–H and O–H groups in total. The van der Waals surface area contributed by atoms with Crippen LogP contribution in [0.25, 0.3) is 0 Å². The summed E-state index contributed by atoms with van der Waals surface area (Å²) in [5.74, 6) is 0. The van der Waals surface area contributed by atoms with E-state index < -0.39 is 0 Å². The van der Waals surface area contributed by atoms with Crippen LogP contribution in [0.3, 0.4) is 0 Å². The number of anilines is 2. The minimum Gasteiger partial charge on any atom is -0.369 e. The van der Waals surface area contributed by atoms with Crippen molar-refractivity contribution in [3.63, 3.8) is 0 Å². The maximum Gasteiger partial charge on any atom is 0.0901 e. The van der Waals surface area contributed by atoms with E-state index in [1.807, 2.05) is 0 Å². The third-order valence-electron chi connectivity index (χ3n) is 7.73. The average Bonchev–Trinajstić information content (AvgIpc) is 3.36. The Balaban J connectivity index is 1.68. The zero-order chi connectivity index (χ0) is 17.5. The monoisotopic (exact) mass is 346 g/mol. The van der Waals surface area contributed by atoms with Gasteiger partial charge < -0.3 is 10.6 Å². The van der Waals surface area contributed by atoms with Gasteiger partial charge in [-0.1, -0.05) is 36.4 Å². The second-order valence-corrected chi connectivity index (χ2v) is 8.59. The first-order valence-corrected chi connectivity index (χ1v) is 9.81. The molecule has 4 heterocycles. The molecule has 4 atom stereocenters. The molecular weight excluding hydrogens is 320 g/mol. The number of rotatable bonds is 1. The molecule has 2 fully saturated rings. The number of fused-ring (bicyclic) bond motifs is 7. The Hall–Kier alpha value is -2.04. The topological polar surface area (TPSA) is 30.5 Å². The van der Waals surface area contributed by atoms with Gasteiger partial charge >= 0.3 is 0 Å². The summed E-state index contributed by atoms with van der Waals surface area (Å²) in [6, 6.07) is 18.1. The maximum absolute atomic E-state index is 3.90. The second kappa shape index (κ2) is 4.81. The molecule has 0 aromatic heterocycles. The van der Waals surface area contributed by atoms with E-state index in [9.17, 15) is 0 Å². The van der Waals surface area contributed by atoms with Gasteiger partial charge in [-0.2, -0.15) is 0 Å². The van der Waals surface area contributed by atoms with Gasteiger partial charge in [-0.05, 0) is 50.2 Å². The van der Waals surface area contributed by atoms with Crippen LogP contribution in [0.2, 0.25) is 0 Å². The summed E-state index contributed by atoms with van der Waals surface area (Å²) in [5, 5.41) is 7.79. The van der Waals surface area contributed by atoms with Crippen molar-refractivity contribution in [3.8, 4) is 0 Å². The Morgan fingerprint density at radius 2 is 1.15 bits per heavy atom. The summed E-state index contributed by atoms with van der Waals surface area (Å²) in [5.41, 5.74) is 5.91. The van der Waals surface area contributed by atoms with Crippen LogP contribution in [0.5, 0.6) is 0 Å². The molecule has 2 aromatic carbocycles. The van der Waals surface area contributed by atoms with E-state index in [0.29, 0.717) is 12.3 Å². The zero-order valence-electron chi connectivity index (χ0n) is 15.5. The molecule has 2 aromatic rings. The number of benzene rings is 2. The molecule has 0 saturated carbocycles. The molecule has 4 heteroatoms. The van der Waals surface area contributed by atoms with Crippen LogP contribution in [0.4, 0.5) is 11.4 Å². The van der Waals surface area contributed by atoms with Crippen molar-refractivity contribution in [1.82, 2.24) is 9.80 Å². The van der Waals surface area contributed by atoms with Gasteiger partial charge in [0.2, 0.25) is 0 Å². The summed E-state index contributed by atoms with van der Waals surface area (Å²) in [6.45, 7) is 2.29. The highest BCUT2D eigenvalue weighted by Crippen LogP contribution is 2.65. The summed E-state index contributed by atoms with van der Waals surface area (Å²) in [6.07, 6.45) is 3.14. The number of nitrogens with one attached hydrogen (secondary N) is 2. The first kappa shape index (κ1) is 15.1. The summed E-state index contributed by atoms with van der Waals surface area (Å²) < 4.78 is 0. The molecule has 2 saturated heterocycles. The van der Waals surface area contributed by atoms with Crippen LogP contribution in [0, 0.1) is 0 Å². The molecule has 0 bridgehead atoms. The number of likely N-dealkylation sites (N-methyl/N-ethyl adjacent to an activating group) is 2. The van der Waals surface area contributed by atoms with Crippen LogP contribution in [0.1, 0.15) is 24.0 Å². The second-order valence-electron chi connectivity index (χ2n) is 8.59. The highest BCUT2D eigenvalue weighted by Gasteiger charge is 2.70. The average molecular weight is 346 g/mol. The van der Waals surface area contributed by atoms with Gasteiger partial charge in [0.1, 0.15) is 0 Å². The fourth-order valence-electron chi connectivity index (χ4n) is 6.73.